The number of nitrogens with one attached hydrogen (secondary N) is 2. The Balaban J connectivity index is 1.42. The van der Waals surface area contributed by atoms with Crippen LogP contribution in [0.25, 0.3) is 6.08 Å². The first-order chi connectivity index (χ1) is 26.7. The Bertz CT molecular complexity index is 1990. The highest BCUT2D eigenvalue weighted by Gasteiger charge is 2.44. The number of amides is 1. The summed E-state index contributed by atoms with van der Waals surface area (Å²) in [6.07, 6.45) is 7.71. The first kappa shape index (κ1) is 41.1. The SMILES string of the molecule is CCCCCOC(C)c1c2[nH]c(c1C)C=C1N=C(C3CC(=O)c4c3[nH]c(c4C)CC3=NC(=C(C)C3CC)C2)[C@@H](CCC(=O)N(CCC(=O)O)CCC(=O)O)[C@@H]1C. The summed E-state index contributed by atoms with van der Waals surface area (Å²) in [5.74, 6) is -2.65. The Morgan fingerprint density at radius 3 is 2.34 bits per heavy atom. The van der Waals surface area contributed by atoms with Crippen molar-refractivity contribution in [1.29, 1.82) is 0 Å². The third-order valence-electron chi connectivity index (χ3n) is 12.7. The molecule has 0 saturated carbocycles. The molecule has 0 aromatic carbocycles. The first-order valence-electron chi connectivity index (χ1n) is 20.6. The molecule has 0 fully saturated rings. The Labute approximate surface area is 330 Å². The average Bonchev–Trinajstić information content (AvgIpc) is 3.91. The van der Waals surface area contributed by atoms with E-state index >= 15 is 0 Å². The van der Waals surface area contributed by atoms with Crippen LogP contribution in [0.1, 0.15) is 154 Å². The number of carboxylic acids is 2. The summed E-state index contributed by atoms with van der Waals surface area (Å²) in [5, 5.41) is 18.6. The number of nitrogens with zero attached hydrogens (tertiary/aromatic N) is 3. The van der Waals surface area contributed by atoms with Gasteiger partial charge < -0.3 is 29.8 Å². The van der Waals surface area contributed by atoms with Crippen LogP contribution in [-0.4, -0.2) is 79.8 Å². The minimum absolute atomic E-state index is 0.0586. The number of allylic oxidation sites excluding steroid dienone is 3. The van der Waals surface area contributed by atoms with E-state index in [9.17, 15) is 29.4 Å². The molecule has 56 heavy (non-hydrogen) atoms. The van der Waals surface area contributed by atoms with Crippen molar-refractivity contribution in [3.8, 4) is 0 Å². The van der Waals surface area contributed by atoms with Crippen molar-refractivity contribution >= 4 is 41.1 Å². The van der Waals surface area contributed by atoms with Gasteiger partial charge in [0.2, 0.25) is 5.91 Å². The molecule has 3 aliphatic heterocycles. The van der Waals surface area contributed by atoms with Crippen molar-refractivity contribution in [2.75, 3.05) is 19.7 Å². The van der Waals surface area contributed by atoms with Crippen molar-refractivity contribution in [2.45, 2.75) is 131 Å². The maximum absolute atomic E-state index is 13.8. The molecule has 12 nitrogen and oxygen atoms in total. The zero-order valence-corrected chi connectivity index (χ0v) is 34.1. The summed E-state index contributed by atoms with van der Waals surface area (Å²) in [5.41, 5.74) is 13.1. The number of H-pyrrole nitrogens is 2. The Morgan fingerprint density at radius 2 is 1.68 bits per heavy atom. The number of Topliss-reactive ketones (excluding diaryl/α,β-unsaturated/α-hetero) is 1. The molecule has 5 heterocycles. The van der Waals surface area contributed by atoms with Crippen molar-refractivity contribution in [2.24, 2.45) is 27.7 Å². The summed E-state index contributed by atoms with van der Waals surface area (Å²) in [7, 11) is 0. The number of hydrogen-bond acceptors (Lipinski definition) is 7. The monoisotopic (exact) mass is 769 g/mol. The second-order valence-corrected chi connectivity index (χ2v) is 16.2. The molecule has 1 aliphatic carbocycles. The molecular weight excluding hydrogens is 711 g/mol. The number of aliphatic carboxylic acids is 2. The van der Waals surface area contributed by atoms with Crippen LogP contribution >= 0.6 is 0 Å². The van der Waals surface area contributed by atoms with E-state index in [4.69, 9.17) is 14.7 Å². The van der Waals surface area contributed by atoms with Gasteiger partial charge in [-0.3, -0.25) is 29.2 Å². The van der Waals surface area contributed by atoms with Crippen LogP contribution in [0.2, 0.25) is 0 Å². The molecule has 0 saturated heterocycles. The largest absolute Gasteiger partial charge is 0.481 e. The quantitative estimate of drug-likeness (QED) is 0.125. The third-order valence-corrected chi connectivity index (χ3v) is 12.7. The predicted molar refractivity (Wildman–Crippen MR) is 216 cm³/mol. The van der Waals surface area contributed by atoms with Gasteiger partial charge in [-0.25, -0.2) is 0 Å². The number of aliphatic imine (C=N–C) groups is 2. The Kier molecular flexibility index (Phi) is 12.7. The topological polar surface area (TPSA) is 178 Å². The fraction of sp³-hybridized carbons (Fsp3) is 0.591. The summed E-state index contributed by atoms with van der Waals surface area (Å²) in [4.78, 5) is 69.7. The molecule has 2 aromatic heterocycles. The molecule has 1 amide bonds. The van der Waals surface area contributed by atoms with Crippen LogP contribution in [0.5, 0.6) is 0 Å². The zero-order chi connectivity index (χ0) is 40.4. The summed E-state index contributed by atoms with van der Waals surface area (Å²) in [6.45, 7) is 15.6. The molecule has 4 N–H and O–H groups in total. The Hall–Kier alpha value is -4.58. The fourth-order valence-corrected chi connectivity index (χ4v) is 9.46. The number of rotatable bonds is 16. The molecule has 6 rings (SSSR count). The Morgan fingerprint density at radius 1 is 0.964 bits per heavy atom. The van der Waals surface area contributed by atoms with E-state index in [1.807, 2.05) is 6.92 Å². The number of carboxylic acid groups (broad SMARTS) is 2. The average molecular weight is 770 g/mol. The molecule has 0 radical (unpaired) electrons. The second kappa shape index (κ2) is 17.3. The van der Waals surface area contributed by atoms with Gasteiger partial charge in [0.15, 0.2) is 5.78 Å². The van der Waals surface area contributed by atoms with E-state index in [1.165, 1.54) is 10.5 Å². The van der Waals surface area contributed by atoms with Crippen LogP contribution in [0.15, 0.2) is 27.0 Å². The number of carbonyl (C=O) groups is 4. The van der Waals surface area contributed by atoms with E-state index in [-0.39, 0.29) is 73.8 Å². The first-order valence-corrected chi connectivity index (χ1v) is 20.6. The van der Waals surface area contributed by atoms with Gasteiger partial charge >= 0.3 is 11.9 Å². The summed E-state index contributed by atoms with van der Waals surface area (Å²) in [6, 6.07) is 0. The van der Waals surface area contributed by atoms with Crippen LogP contribution in [0.3, 0.4) is 0 Å². The number of aromatic amines is 2. The molecule has 5 atom stereocenters. The minimum atomic E-state index is -1.05. The van der Waals surface area contributed by atoms with Gasteiger partial charge in [0.05, 0.1) is 18.9 Å². The summed E-state index contributed by atoms with van der Waals surface area (Å²) < 4.78 is 6.46. The standard InChI is InChI=1S/C44H59N5O7/c1-8-10-11-18-56-27(7)41-25(5)33-20-32-24(4)29(12-13-38(51)49(16-14-39(52)53)17-15-40(54)55)43(47-32)30-19-37(50)42-26(6)34(48-44(30)42)21-35-28(9-2)23(3)31(45-35)22-36(41)46-33/h20,24,27-30,46,48H,8-19,21-22H2,1-7H3,(H,52,53)(H,54,55)/t24-,27?,28?,29-,30?/m0/s1. The third kappa shape index (κ3) is 8.26. The number of unbranched alkanes of at least 4 members (excludes halogenated alkanes) is 2. The number of hydrogen-bond donors (Lipinski definition) is 4. The fourth-order valence-electron chi connectivity index (χ4n) is 9.46. The predicted octanol–water partition coefficient (Wildman–Crippen LogP) is 8.06. The van der Waals surface area contributed by atoms with Crippen LogP contribution in [0.4, 0.5) is 0 Å². The molecular formula is C44H59N5O7. The normalized spacial score (nSPS) is 22.0. The van der Waals surface area contributed by atoms with Crippen LogP contribution in [-0.2, 0) is 32.0 Å². The zero-order valence-electron chi connectivity index (χ0n) is 34.1. The van der Waals surface area contributed by atoms with Gasteiger partial charge in [-0.1, -0.05) is 33.6 Å². The highest BCUT2D eigenvalue weighted by molar-refractivity contribution is 6.11. The lowest BCUT2D eigenvalue weighted by Crippen LogP contribution is -2.35. The molecule has 8 bridgehead atoms. The number of fused-ring (bicyclic) bond motifs is 6. The molecule has 0 spiro atoms. The molecule has 302 valence electrons. The van der Waals surface area contributed by atoms with Crippen molar-refractivity contribution < 1.29 is 34.1 Å². The number of ketones is 1. The maximum Gasteiger partial charge on any atom is 0.305 e. The van der Waals surface area contributed by atoms with Gasteiger partial charge in [-0.15, -0.1) is 0 Å². The van der Waals surface area contributed by atoms with Gasteiger partial charge in [-0.2, -0.15) is 0 Å². The van der Waals surface area contributed by atoms with E-state index in [2.05, 4.69) is 57.6 Å². The van der Waals surface area contributed by atoms with Crippen molar-refractivity contribution in [3.63, 3.8) is 0 Å². The second-order valence-electron chi connectivity index (χ2n) is 16.2. The van der Waals surface area contributed by atoms with E-state index < -0.39 is 11.9 Å². The van der Waals surface area contributed by atoms with Gasteiger partial charge in [0, 0.05) is 126 Å². The van der Waals surface area contributed by atoms with Gasteiger partial charge in [-0.05, 0) is 69.7 Å². The van der Waals surface area contributed by atoms with Crippen LogP contribution < -0.4 is 0 Å². The molecule has 4 aliphatic rings. The lowest BCUT2D eigenvalue weighted by Gasteiger charge is -2.25. The molecule has 12 heteroatoms. The lowest BCUT2D eigenvalue weighted by atomic mass is 9.81. The number of aromatic nitrogens is 2. The van der Waals surface area contributed by atoms with Crippen LogP contribution in [0, 0.1) is 31.6 Å². The number of carbonyl (C=O) groups excluding carboxylic acids is 2. The van der Waals surface area contributed by atoms with Crippen molar-refractivity contribution in [3.05, 3.63) is 62.0 Å². The smallest absolute Gasteiger partial charge is 0.305 e. The highest BCUT2D eigenvalue weighted by Crippen LogP contribution is 2.46. The van der Waals surface area contributed by atoms with Crippen molar-refractivity contribution in [1.82, 2.24) is 14.9 Å². The van der Waals surface area contributed by atoms with Gasteiger partial charge in [0.1, 0.15) is 0 Å². The van der Waals surface area contributed by atoms with Gasteiger partial charge in [0.25, 0.3) is 0 Å². The van der Waals surface area contributed by atoms with E-state index in [0.29, 0.717) is 32.3 Å². The van der Waals surface area contributed by atoms with E-state index in [0.717, 1.165) is 93.5 Å². The highest BCUT2D eigenvalue weighted by atomic mass is 16.5. The molecule has 3 unspecified atom stereocenters. The molecule has 2 aromatic rings. The maximum atomic E-state index is 13.8. The minimum Gasteiger partial charge on any atom is -0.481 e. The summed E-state index contributed by atoms with van der Waals surface area (Å²) >= 11 is 0. The lowest BCUT2D eigenvalue weighted by molar-refractivity contribution is -0.139. The van der Waals surface area contributed by atoms with E-state index in [1.54, 1.807) is 0 Å². The number of ether oxygens (including phenoxy) is 1.